The molecule has 0 aromatic heterocycles. The van der Waals surface area contributed by atoms with Crippen molar-refractivity contribution in [3.8, 4) is 5.75 Å². The van der Waals surface area contributed by atoms with E-state index in [4.69, 9.17) is 5.73 Å². The molecule has 14 heteroatoms. The van der Waals surface area contributed by atoms with Crippen LogP contribution in [0, 0.1) is 0 Å². The molecular formula is C52H67N7O7. The van der Waals surface area contributed by atoms with E-state index < -0.39 is 47.9 Å². The lowest BCUT2D eigenvalue weighted by Crippen LogP contribution is -2.58. The van der Waals surface area contributed by atoms with E-state index in [0.717, 1.165) is 54.6 Å². The highest BCUT2D eigenvalue weighted by Gasteiger charge is 2.33. The molecule has 4 amide bonds. The molecule has 0 radical (unpaired) electrons. The zero-order valence-corrected chi connectivity index (χ0v) is 38.2. The summed E-state index contributed by atoms with van der Waals surface area (Å²) in [6.07, 6.45) is 8.98. The van der Waals surface area contributed by atoms with Gasteiger partial charge >= 0.3 is 5.97 Å². The number of nitrogens with one attached hydrogen (secondary N) is 4. The summed E-state index contributed by atoms with van der Waals surface area (Å²) in [4.78, 5) is 71.7. The Labute approximate surface area is 389 Å². The molecule has 14 nitrogen and oxygen atoms in total. The number of para-hydroxylation sites is 1. The number of nitrogens with two attached hydrogens (primary N) is 1. The Balaban J connectivity index is 1.32. The van der Waals surface area contributed by atoms with Gasteiger partial charge < -0.3 is 47.0 Å². The molecule has 4 aromatic rings. The highest BCUT2D eigenvalue weighted by Crippen LogP contribution is 2.32. The van der Waals surface area contributed by atoms with Crippen LogP contribution in [0.15, 0.2) is 127 Å². The first kappa shape index (κ1) is 50.3. The number of carbonyl (C=O) groups is 5. The van der Waals surface area contributed by atoms with Crippen LogP contribution >= 0.6 is 0 Å². The summed E-state index contributed by atoms with van der Waals surface area (Å²) in [6.45, 7) is 5.20. The lowest BCUT2D eigenvalue weighted by atomic mass is 10.0. The van der Waals surface area contributed by atoms with E-state index in [1.807, 2.05) is 60.8 Å². The summed E-state index contributed by atoms with van der Waals surface area (Å²) in [5, 5.41) is 31.1. The minimum absolute atomic E-state index is 0.0192. The first-order valence-electron chi connectivity index (χ1n) is 23.2. The number of rotatable bonds is 27. The van der Waals surface area contributed by atoms with E-state index in [9.17, 15) is 34.2 Å². The SMILES string of the molecule is CCCCCCCC(=O)NCCCCC(NC(=O)C(N)CC1=CN(C(C)c2ccccc2)CN1c1ccccc1)C(=O)NC(Cc1ccccc1)C(=O)NC(Cc1ccc(O)cc1)C(=O)O. The van der Waals surface area contributed by atoms with Crippen LogP contribution in [0.25, 0.3) is 0 Å². The maximum atomic E-state index is 14.4. The van der Waals surface area contributed by atoms with E-state index >= 15 is 0 Å². The Hall–Kier alpha value is -6.67. The summed E-state index contributed by atoms with van der Waals surface area (Å²) in [6, 6.07) is 30.3. The number of hydrogen-bond donors (Lipinski definition) is 7. The summed E-state index contributed by atoms with van der Waals surface area (Å²) < 4.78 is 0. The summed E-state index contributed by atoms with van der Waals surface area (Å²) in [5.74, 6) is -3.19. The van der Waals surface area contributed by atoms with E-state index in [-0.39, 0.29) is 43.4 Å². The standard InChI is InChI=1S/C52H67N7O7/c1-3-4-5-6-16-26-48(61)54-31-18-17-25-45(50(63)56-46(32-38-19-10-7-11-20-38)51(64)57-47(52(65)66)33-39-27-29-43(60)30-28-39)55-49(62)44(53)34-42-35-58(37(2)40-21-12-8-13-22-40)36-59(42)41-23-14-9-15-24-41/h7-15,19-24,27-30,35,37,44-47,60H,3-6,16-18,25-26,31-34,36,53H2,1-2H3,(H,54,61)(H,55,62)(H,56,63)(H,57,64)(H,65,66). The van der Waals surface area contributed by atoms with E-state index in [2.05, 4.69) is 57.0 Å². The number of benzene rings is 4. The van der Waals surface area contributed by atoms with E-state index in [1.165, 1.54) is 12.1 Å². The minimum Gasteiger partial charge on any atom is -0.508 e. The van der Waals surface area contributed by atoms with Crippen molar-refractivity contribution in [1.29, 1.82) is 0 Å². The average Bonchev–Trinajstić information content (AvgIpc) is 3.75. The number of hydrogen-bond acceptors (Lipinski definition) is 9. The molecule has 1 aliphatic heterocycles. The zero-order valence-electron chi connectivity index (χ0n) is 38.2. The number of aliphatic carboxylic acids is 1. The van der Waals surface area contributed by atoms with Gasteiger partial charge in [0.1, 0.15) is 23.9 Å². The molecule has 0 aliphatic carbocycles. The molecule has 352 valence electrons. The molecule has 0 fully saturated rings. The highest BCUT2D eigenvalue weighted by atomic mass is 16.4. The molecule has 0 spiro atoms. The Bertz CT molecular complexity index is 2170. The molecular weight excluding hydrogens is 835 g/mol. The van der Waals surface area contributed by atoms with Gasteiger partial charge in [0.15, 0.2) is 0 Å². The van der Waals surface area contributed by atoms with Crippen LogP contribution in [0.1, 0.15) is 101 Å². The third-order valence-electron chi connectivity index (χ3n) is 11.9. The van der Waals surface area contributed by atoms with Gasteiger partial charge in [0.05, 0.1) is 18.8 Å². The smallest absolute Gasteiger partial charge is 0.326 e. The average molecular weight is 902 g/mol. The monoisotopic (exact) mass is 902 g/mol. The van der Waals surface area contributed by atoms with Crippen molar-refractivity contribution in [3.05, 3.63) is 144 Å². The quantitative estimate of drug-likeness (QED) is 0.0325. The van der Waals surface area contributed by atoms with Crippen molar-refractivity contribution in [3.63, 3.8) is 0 Å². The van der Waals surface area contributed by atoms with Crippen LogP contribution in [0.5, 0.6) is 5.75 Å². The number of amides is 4. The molecule has 5 atom stereocenters. The molecule has 0 saturated carbocycles. The number of aromatic hydroxyl groups is 1. The zero-order chi connectivity index (χ0) is 47.3. The Kier molecular flexibility index (Phi) is 20.1. The predicted molar refractivity (Wildman–Crippen MR) is 257 cm³/mol. The number of phenolic OH excluding ortho intramolecular Hbond substituents is 1. The number of nitrogens with zero attached hydrogens (tertiary/aromatic N) is 2. The first-order valence-corrected chi connectivity index (χ1v) is 23.2. The van der Waals surface area contributed by atoms with Crippen molar-refractivity contribution in [2.24, 2.45) is 5.73 Å². The fourth-order valence-electron chi connectivity index (χ4n) is 7.95. The van der Waals surface area contributed by atoms with Crippen molar-refractivity contribution in [1.82, 2.24) is 26.2 Å². The molecule has 0 bridgehead atoms. The van der Waals surface area contributed by atoms with Gasteiger partial charge in [0, 0.05) is 49.8 Å². The van der Waals surface area contributed by atoms with Crippen LogP contribution in [-0.2, 0) is 36.8 Å². The Morgan fingerprint density at radius 2 is 1.23 bits per heavy atom. The second-order valence-corrected chi connectivity index (χ2v) is 17.0. The number of unbranched alkanes of at least 4 members (excludes halogenated alkanes) is 5. The van der Waals surface area contributed by atoms with Gasteiger partial charge in [-0.2, -0.15) is 0 Å². The second-order valence-electron chi connectivity index (χ2n) is 17.0. The molecule has 0 saturated heterocycles. The lowest BCUT2D eigenvalue weighted by molar-refractivity contribution is -0.142. The molecule has 5 unspecified atom stereocenters. The summed E-state index contributed by atoms with van der Waals surface area (Å²) >= 11 is 0. The van der Waals surface area contributed by atoms with Gasteiger partial charge in [-0.15, -0.1) is 0 Å². The van der Waals surface area contributed by atoms with E-state index in [1.54, 1.807) is 36.4 Å². The van der Waals surface area contributed by atoms with Crippen molar-refractivity contribution in [2.45, 2.75) is 121 Å². The molecule has 8 N–H and O–H groups in total. The third kappa shape index (κ3) is 16.1. The van der Waals surface area contributed by atoms with Gasteiger partial charge in [-0.3, -0.25) is 19.2 Å². The maximum Gasteiger partial charge on any atom is 0.326 e. The van der Waals surface area contributed by atoms with Crippen molar-refractivity contribution < 1.29 is 34.2 Å². The molecule has 66 heavy (non-hydrogen) atoms. The number of anilines is 1. The summed E-state index contributed by atoms with van der Waals surface area (Å²) in [5.41, 5.74) is 10.9. The second kappa shape index (κ2) is 26.3. The first-order chi connectivity index (χ1) is 31.9. The van der Waals surface area contributed by atoms with E-state index in [0.29, 0.717) is 38.0 Å². The van der Waals surface area contributed by atoms with Crippen LogP contribution < -0.4 is 31.9 Å². The van der Waals surface area contributed by atoms with Gasteiger partial charge in [-0.25, -0.2) is 4.79 Å². The van der Waals surface area contributed by atoms with Crippen LogP contribution in [0.3, 0.4) is 0 Å². The third-order valence-corrected chi connectivity index (χ3v) is 11.9. The highest BCUT2D eigenvalue weighted by molar-refractivity contribution is 5.94. The normalized spacial score (nSPS) is 14.6. The Morgan fingerprint density at radius 1 is 0.652 bits per heavy atom. The fourth-order valence-corrected chi connectivity index (χ4v) is 7.95. The largest absolute Gasteiger partial charge is 0.508 e. The fraction of sp³-hybridized carbons (Fsp3) is 0.404. The van der Waals surface area contributed by atoms with Gasteiger partial charge in [-0.1, -0.05) is 124 Å². The van der Waals surface area contributed by atoms with Gasteiger partial charge in [-0.05, 0) is 73.6 Å². The number of carbonyl (C=O) groups excluding carboxylic acids is 4. The maximum absolute atomic E-state index is 14.4. The Morgan fingerprint density at radius 3 is 1.89 bits per heavy atom. The minimum atomic E-state index is -1.34. The predicted octanol–water partition coefficient (Wildman–Crippen LogP) is 6.46. The van der Waals surface area contributed by atoms with Gasteiger partial charge in [0.2, 0.25) is 23.6 Å². The van der Waals surface area contributed by atoms with Crippen LogP contribution in [0.4, 0.5) is 5.69 Å². The molecule has 5 rings (SSSR count). The number of carboxylic acids is 1. The molecule has 1 heterocycles. The number of phenols is 1. The van der Waals surface area contributed by atoms with Crippen LogP contribution in [-0.4, -0.2) is 82.1 Å². The van der Waals surface area contributed by atoms with Crippen LogP contribution in [0.2, 0.25) is 0 Å². The van der Waals surface area contributed by atoms with Crippen molar-refractivity contribution >= 4 is 35.3 Å². The summed E-state index contributed by atoms with van der Waals surface area (Å²) in [7, 11) is 0. The number of carboxylic acid groups (broad SMARTS) is 1. The van der Waals surface area contributed by atoms with Gasteiger partial charge in [0.25, 0.3) is 0 Å². The molecule has 1 aliphatic rings. The van der Waals surface area contributed by atoms with Crippen molar-refractivity contribution in [2.75, 3.05) is 18.1 Å². The lowest BCUT2D eigenvalue weighted by Gasteiger charge is -2.29. The topological polar surface area (TPSA) is 206 Å². The molecule has 4 aromatic carbocycles.